The lowest BCUT2D eigenvalue weighted by molar-refractivity contribution is -0.274. The van der Waals surface area contributed by atoms with E-state index < -0.39 is 6.36 Å². The van der Waals surface area contributed by atoms with E-state index in [4.69, 9.17) is 0 Å². The first-order valence-corrected chi connectivity index (χ1v) is 10.4. The van der Waals surface area contributed by atoms with E-state index in [0.29, 0.717) is 0 Å². The molecular formula is C27H23F3O. The number of hydrogen-bond donors (Lipinski definition) is 0. The van der Waals surface area contributed by atoms with Crippen LogP contribution in [0.2, 0.25) is 0 Å². The lowest BCUT2D eigenvalue weighted by Gasteiger charge is -2.10. The number of alkyl halides is 3. The minimum absolute atomic E-state index is 0.220. The summed E-state index contributed by atoms with van der Waals surface area (Å²) in [6.07, 6.45) is -1.18. The molecule has 0 aliphatic rings. The van der Waals surface area contributed by atoms with Gasteiger partial charge in [0.15, 0.2) is 0 Å². The number of fused-ring (bicyclic) bond motifs is 1. The third-order valence-corrected chi connectivity index (χ3v) is 5.36. The topological polar surface area (TPSA) is 9.23 Å². The average molecular weight is 420 g/mol. The number of rotatable bonds is 6. The fraction of sp³-hybridized carbons (Fsp3) is 0.185. The zero-order chi connectivity index (χ0) is 21.8. The van der Waals surface area contributed by atoms with E-state index in [-0.39, 0.29) is 5.75 Å². The van der Waals surface area contributed by atoms with E-state index in [1.807, 2.05) is 24.3 Å². The predicted molar refractivity (Wildman–Crippen MR) is 120 cm³/mol. The molecule has 0 aromatic heterocycles. The molecule has 1 nitrogen and oxygen atoms in total. The summed E-state index contributed by atoms with van der Waals surface area (Å²) in [6.45, 7) is 2.20. The molecule has 158 valence electrons. The normalized spacial score (nSPS) is 11.6. The second-order valence-corrected chi connectivity index (χ2v) is 7.65. The number of hydrogen-bond acceptors (Lipinski definition) is 1. The number of aryl methyl sites for hydroxylation is 1. The zero-order valence-corrected chi connectivity index (χ0v) is 17.2. The molecule has 0 atom stereocenters. The molecule has 0 radical (unpaired) electrons. The summed E-state index contributed by atoms with van der Waals surface area (Å²) in [4.78, 5) is 0. The summed E-state index contributed by atoms with van der Waals surface area (Å²) in [5.74, 6) is -0.220. The second kappa shape index (κ2) is 8.84. The maximum Gasteiger partial charge on any atom is 0.573 e. The van der Waals surface area contributed by atoms with Crippen LogP contribution in [0.1, 0.15) is 25.3 Å². The molecule has 4 rings (SSSR count). The van der Waals surface area contributed by atoms with Crippen molar-refractivity contribution < 1.29 is 17.9 Å². The van der Waals surface area contributed by atoms with Gasteiger partial charge in [-0.1, -0.05) is 80.1 Å². The highest BCUT2D eigenvalue weighted by Crippen LogP contribution is 2.30. The summed E-state index contributed by atoms with van der Waals surface area (Å²) in [5.41, 5.74) is 5.37. The van der Waals surface area contributed by atoms with Crippen LogP contribution in [0.5, 0.6) is 5.75 Å². The molecule has 0 unspecified atom stereocenters. The Morgan fingerprint density at radius 3 is 1.77 bits per heavy atom. The summed E-state index contributed by atoms with van der Waals surface area (Å²) in [7, 11) is 0. The van der Waals surface area contributed by atoms with Crippen molar-refractivity contribution in [3.8, 4) is 28.0 Å². The molecule has 0 saturated heterocycles. The van der Waals surface area contributed by atoms with Gasteiger partial charge in [0.25, 0.3) is 0 Å². The largest absolute Gasteiger partial charge is 0.573 e. The van der Waals surface area contributed by atoms with Gasteiger partial charge in [0, 0.05) is 0 Å². The van der Waals surface area contributed by atoms with Gasteiger partial charge in [-0.05, 0) is 69.6 Å². The number of ether oxygens (including phenoxy) is 1. The van der Waals surface area contributed by atoms with Crippen molar-refractivity contribution >= 4 is 10.8 Å². The van der Waals surface area contributed by atoms with Crippen LogP contribution in [0.4, 0.5) is 13.2 Å². The van der Waals surface area contributed by atoms with Crippen LogP contribution in [0, 0.1) is 0 Å². The van der Waals surface area contributed by atoms with E-state index >= 15 is 0 Å². The lowest BCUT2D eigenvalue weighted by atomic mass is 9.97. The Morgan fingerprint density at radius 1 is 0.645 bits per heavy atom. The fourth-order valence-electron chi connectivity index (χ4n) is 3.72. The quantitative estimate of drug-likeness (QED) is 0.304. The van der Waals surface area contributed by atoms with Gasteiger partial charge in [0.2, 0.25) is 0 Å². The molecule has 0 saturated carbocycles. The molecule has 0 fully saturated rings. The van der Waals surface area contributed by atoms with Crippen LogP contribution in [0.25, 0.3) is 33.0 Å². The van der Waals surface area contributed by atoms with Crippen LogP contribution in [-0.2, 0) is 6.42 Å². The third-order valence-electron chi connectivity index (χ3n) is 5.36. The average Bonchev–Trinajstić information content (AvgIpc) is 2.77. The van der Waals surface area contributed by atoms with E-state index in [9.17, 15) is 13.2 Å². The van der Waals surface area contributed by atoms with Gasteiger partial charge in [-0.3, -0.25) is 0 Å². The second-order valence-electron chi connectivity index (χ2n) is 7.65. The van der Waals surface area contributed by atoms with E-state index in [2.05, 4.69) is 48.1 Å². The molecule has 0 aliphatic carbocycles. The molecule has 0 spiro atoms. The summed E-state index contributed by atoms with van der Waals surface area (Å²) < 4.78 is 40.9. The highest BCUT2D eigenvalue weighted by atomic mass is 19.4. The lowest BCUT2D eigenvalue weighted by Crippen LogP contribution is -2.16. The van der Waals surface area contributed by atoms with Crippen LogP contribution >= 0.6 is 0 Å². The standard InChI is InChI=1S/C27H23F3O/c1-2-3-4-19-5-6-25-18-24(12-11-23(25)17-19)22-9-7-20(8-10-22)21-13-15-26(16-14-21)31-27(28,29)30/h5-18H,2-4H2,1H3. The Hall–Kier alpha value is -3.27. The van der Waals surface area contributed by atoms with Crippen molar-refractivity contribution in [3.63, 3.8) is 0 Å². The van der Waals surface area contributed by atoms with Crippen molar-refractivity contribution in [1.82, 2.24) is 0 Å². The van der Waals surface area contributed by atoms with Gasteiger partial charge < -0.3 is 4.74 Å². The monoisotopic (exact) mass is 420 g/mol. The Morgan fingerprint density at radius 2 is 1.16 bits per heavy atom. The number of halogens is 3. The minimum atomic E-state index is -4.68. The summed E-state index contributed by atoms with van der Waals surface area (Å²) in [5, 5.41) is 2.46. The first-order valence-electron chi connectivity index (χ1n) is 10.4. The van der Waals surface area contributed by atoms with Crippen LogP contribution < -0.4 is 4.74 Å². The van der Waals surface area contributed by atoms with Crippen molar-refractivity contribution in [3.05, 3.63) is 90.5 Å². The van der Waals surface area contributed by atoms with Crippen LogP contribution in [0.3, 0.4) is 0 Å². The highest BCUT2D eigenvalue weighted by Gasteiger charge is 2.30. The maximum absolute atomic E-state index is 12.3. The number of unbranched alkanes of at least 4 members (excludes halogenated alkanes) is 1. The van der Waals surface area contributed by atoms with Gasteiger partial charge in [-0.2, -0.15) is 0 Å². The minimum Gasteiger partial charge on any atom is -0.406 e. The Kier molecular flexibility index (Phi) is 5.99. The van der Waals surface area contributed by atoms with Crippen molar-refractivity contribution in [2.24, 2.45) is 0 Å². The van der Waals surface area contributed by atoms with Gasteiger partial charge in [-0.15, -0.1) is 13.2 Å². The van der Waals surface area contributed by atoms with Gasteiger partial charge >= 0.3 is 6.36 Å². The van der Waals surface area contributed by atoms with Crippen molar-refractivity contribution in [2.75, 3.05) is 0 Å². The predicted octanol–water partition coefficient (Wildman–Crippen LogP) is 8.42. The van der Waals surface area contributed by atoms with Crippen LogP contribution in [-0.4, -0.2) is 6.36 Å². The fourth-order valence-corrected chi connectivity index (χ4v) is 3.72. The zero-order valence-electron chi connectivity index (χ0n) is 17.2. The van der Waals surface area contributed by atoms with Gasteiger partial charge in [-0.25, -0.2) is 0 Å². The van der Waals surface area contributed by atoms with Gasteiger partial charge in [0.1, 0.15) is 5.75 Å². The highest BCUT2D eigenvalue weighted by molar-refractivity contribution is 5.88. The molecule has 4 aromatic carbocycles. The smallest absolute Gasteiger partial charge is 0.406 e. The maximum atomic E-state index is 12.3. The summed E-state index contributed by atoms with van der Waals surface area (Å²) in [6, 6.07) is 27.1. The van der Waals surface area contributed by atoms with E-state index in [1.54, 1.807) is 12.1 Å². The first-order chi connectivity index (χ1) is 14.9. The van der Waals surface area contributed by atoms with Crippen molar-refractivity contribution in [2.45, 2.75) is 32.5 Å². The molecule has 0 heterocycles. The SMILES string of the molecule is CCCCc1ccc2cc(-c3ccc(-c4ccc(OC(F)(F)F)cc4)cc3)ccc2c1. The number of benzene rings is 4. The molecular weight excluding hydrogens is 397 g/mol. The molecule has 0 aliphatic heterocycles. The third kappa shape index (κ3) is 5.26. The Labute approximate surface area is 180 Å². The molecule has 4 aromatic rings. The summed E-state index contributed by atoms with van der Waals surface area (Å²) >= 11 is 0. The van der Waals surface area contributed by atoms with Crippen molar-refractivity contribution in [1.29, 1.82) is 0 Å². The Balaban J connectivity index is 1.53. The molecule has 0 N–H and O–H groups in total. The Bertz CT molecular complexity index is 1160. The first kappa shape index (κ1) is 21.0. The van der Waals surface area contributed by atoms with E-state index in [0.717, 1.165) is 28.7 Å². The van der Waals surface area contributed by atoms with Crippen LogP contribution in [0.15, 0.2) is 84.9 Å². The molecule has 0 bridgehead atoms. The molecule has 4 heteroatoms. The van der Waals surface area contributed by atoms with E-state index in [1.165, 1.54) is 41.3 Å². The molecule has 31 heavy (non-hydrogen) atoms. The molecule has 0 amide bonds. The van der Waals surface area contributed by atoms with Gasteiger partial charge in [0.05, 0.1) is 0 Å².